The lowest BCUT2D eigenvalue weighted by molar-refractivity contribution is -0.130. The predicted octanol–water partition coefficient (Wildman–Crippen LogP) is 3.84. The summed E-state index contributed by atoms with van der Waals surface area (Å²) in [6.07, 6.45) is 1.63. The van der Waals surface area contributed by atoms with Crippen LogP contribution >= 0.6 is 0 Å². The van der Waals surface area contributed by atoms with E-state index >= 15 is 0 Å². The van der Waals surface area contributed by atoms with Crippen LogP contribution in [0.5, 0.6) is 0 Å². The minimum atomic E-state index is -0.902. The molecule has 0 aromatic heterocycles. The van der Waals surface area contributed by atoms with Crippen molar-refractivity contribution in [3.8, 4) is 11.1 Å². The van der Waals surface area contributed by atoms with Gasteiger partial charge in [-0.1, -0.05) is 60.7 Å². The van der Waals surface area contributed by atoms with Gasteiger partial charge in [0.1, 0.15) is 0 Å². The third-order valence-electron chi connectivity index (χ3n) is 2.82. The number of carboxylic acids is 1. The van der Waals surface area contributed by atoms with Gasteiger partial charge in [-0.2, -0.15) is 0 Å². The molecule has 0 saturated carbocycles. The second kappa shape index (κ2) is 5.32. The normalized spacial score (nSPS) is 11.3. The number of aliphatic carboxylic acids is 1. The summed E-state index contributed by atoms with van der Waals surface area (Å²) in [7, 11) is 0. The Kier molecular flexibility index (Phi) is 3.58. The van der Waals surface area contributed by atoms with Crippen LogP contribution in [-0.4, -0.2) is 11.1 Å². The summed E-state index contributed by atoms with van der Waals surface area (Å²) in [5, 5.41) is 9.23. The van der Waals surface area contributed by atoms with Gasteiger partial charge in [-0.05, 0) is 23.6 Å². The Morgan fingerprint density at radius 3 is 2.22 bits per heavy atom. The summed E-state index contributed by atoms with van der Waals surface area (Å²) < 4.78 is 0. The Bertz CT molecular complexity index is 583. The van der Waals surface area contributed by atoms with E-state index < -0.39 is 5.97 Å². The van der Waals surface area contributed by atoms with E-state index in [1.165, 1.54) is 0 Å². The third kappa shape index (κ3) is 2.33. The van der Waals surface area contributed by atoms with Gasteiger partial charge in [-0.25, -0.2) is 4.79 Å². The Morgan fingerprint density at radius 2 is 1.61 bits per heavy atom. The molecule has 0 aliphatic heterocycles. The van der Waals surface area contributed by atoms with Gasteiger partial charge in [-0.15, -0.1) is 0 Å². The summed E-state index contributed by atoms with van der Waals surface area (Å²) in [4.78, 5) is 11.2. The molecule has 0 unspecified atom stereocenters. The van der Waals surface area contributed by atoms with Gasteiger partial charge in [-0.3, -0.25) is 0 Å². The first-order valence-electron chi connectivity index (χ1n) is 5.78. The molecule has 0 fully saturated rings. The summed E-state index contributed by atoms with van der Waals surface area (Å²) >= 11 is 0. The fraction of sp³-hybridized carbons (Fsp3) is 0.0625. The van der Waals surface area contributed by atoms with Gasteiger partial charge in [0.2, 0.25) is 0 Å². The van der Waals surface area contributed by atoms with Crippen molar-refractivity contribution in [3.05, 3.63) is 66.2 Å². The smallest absolute Gasteiger partial charge is 0.335 e. The standard InChI is InChI=1S/C16H14O2/c1-2-13(16(17)18)15-11-7-6-10-14(15)12-8-4-3-5-9-12/h2-11H,1H3,(H,17,18)/b13-2+. The topological polar surface area (TPSA) is 37.3 Å². The van der Waals surface area contributed by atoms with E-state index in [0.29, 0.717) is 5.57 Å². The van der Waals surface area contributed by atoms with Crippen LogP contribution in [-0.2, 0) is 4.79 Å². The predicted molar refractivity (Wildman–Crippen MR) is 73.2 cm³/mol. The fourth-order valence-corrected chi connectivity index (χ4v) is 1.98. The van der Waals surface area contributed by atoms with Crippen molar-refractivity contribution < 1.29 is 9.90 Å². The minimum Gasteiger partial charge on any atom is -0.478 e. The first-order valence-corrected chi connectivity index (χ1v) is 5.78. The highest BCUT2D eigenvalue weighted by Gasteiger charge is 2.13. The van der Waals surface area contributed by atoms with Crippen LogP contribution in [0.4, 0.5) is 0 Å². The fourth-order valence-electron chi connectivity index (χ4n) is 1.98. The lowest BCUT2D eigenvalue weighted by Gasteiger charge is -2.10. The number of hydrogen-bond acceptors (Lipinski definition) is 1. The molecule has 2 aromatic carbocycles. The van der Waals surface area contributed by atoms with Gasteiger partial charge in [0, 0.05) is 0 Å². The lowest BCUT2D eigenvalue weighted by Crippen LogP contribution is -2.01. The second-order valence-electron chi connectivity index (χ2n) is 3.92. The molecule has 0 aliphatic carbocycles. The molecule has 18 heavy (non-hydrogen) atoms. The molecular formula is C16H14O2. The first kappa shape index (κ1) is 12.1. The number of benzene rings is 2. The molecular weight excluding hydrogens is 224 g/mol. The van der Waals surface area contributed by atoms with Crippen LogP contribution < -0.4 is 0 Å². The Labute approximate surface area is 106 Å². The molecule has 1 N–H and O–H groups in total. The maximum Gasteiger partial charge on any atom is 0.335 e. The first-order chi connectivity index (χ1) is 8.74. The highest BCUT2D eigenvalue weighted by Crippen LogP contribution is 2.28. The highest BCUT2D eigenvalue weighted by atomic mass is 16.4. The summed E-state index contributed by atoms with van der Waals surface area (Å²) in [5.74, 6) is -0.902. The van der Waals surface area contributed by atoms with E-state index in [-0.39, 0.29) is 0 Å². The average Bonchev–Trinajstić information content (AvgIpc) is 2.41. The summed E-state index contributed by atoms with van der Waals surface area (Å²) in [6.45, 7) is 1.74. The van der Waals surface area contributed by atoms with Crippen LogP contribution in [0.1, 0.15) is 12.5 Å². The van der Waals surface area contributed by atoms with Crippen molar-refractivity contribution in [2.75, 3.05) is 0 Å². The molecule has 0 radical (unpaired) electrons. The molecule has 0 amide bonds. The van der Waals surface area contributed by atoms with Crippen LogP contribution in [0.3, 0.4) is 0 Å². The SMILES string of the molecule is C/C=C(/C(=O)O)c1ccccc1-c1ccccc1. The van der Waals surface area contributed by atoms with E-state index in [1.54, 1.807) is 13.0 Å². The lowest BCUT2D eigenvalue weighted by atomic mass is 9.94. The number of carbonyl (C=O) groups is 1. The van der Waals surface area contributed by atoms with E-state index in [1.807, 2.05) is 54.6 Å². The Balaban J connectivity index is 2.60. The maximum absolute atomic E-state index is 11.2. The van der Waals surface area contributed by atoms with Crippen LogP contribution in [0.15, 0.2) is 60.7 Å². The van der Waals surface area contributed by atoms with Crippen molar-refractivity contribution >= 4 is 11.5 Å². The molecule has 2 heteroatoms. The third-order valence-corrected chi connectivity index (χ3v) is 2.82. The van der Waals surface area contributed by atoms with Crippen LogP contribution in [0, 0.1) is 0 Å². The number of carboxylic acid groups (broad SMARTS) is 1. The van der Waals surface area contributed by atoms with Gasteiger partial charge >= 0.3 is 5.97 Å². The molecule has 0 heterocycles. The maximum atomic E-state index is 11.2. The van der Waals surface area contributed by atoms with Gasteiger partial charge in [0.25, 0.3) is 0 Å². The van der Waals surface area contributed by atoms with Crippen LogP contribution in [0.2, 0.25) is 0 Å². The zero-order chi connectivity index (χ0) is 13.0. The molecule has 90 valence electrons. The van der Waals surface area contributed by atoms with Crippen molar-refractivity contribution in [2.45, 2.75) is 6.92 Å². The molecule has 0 aliphatic rings. The number of hydrogen-bond donors (Lipinski definition) is 1. The summed E-state index contributed by atoms with van der Waals surface area (Å²) in [6, 6.07) is 17.4. The van der Waals surface area contributed by atoms with Gasteiger partial charge < -0.3 is 5.11 Å². The monoisotopic (exact) mass is 238 g/mol. The van der Waals surface area contributed by atoms with E-state index in [2.05, 4.69) is 0 Å². The molecule has 2 nitrogen and oxygen atoms in total. The summed E-state index contributed by atoms with van der Waals surface area (Å²) in [5.41, 5.74) is 3.04. The van der Waals surface area contributed by atoms with Gasteiger partial charge in [0.15, 0.2) is 0 Å². The van der Waals surface area contributed by atoms with Crippen molar-refractivity contribution in [1.82, 2.24) is 0 Å². The molecule has 0 saturated heterocycles. The Hall–Kier alpha value is -2.35. The highest BCUT2D eigenvalue weighted by molar-refractivity contribution is 6.17. The minimum absolute atomic E-state index is 0.328. The molecule has 0 spiro atoms. The molecule has 2 rings (SSSR count). The number of allylic oxidation sites excluding steroid dienone is 1. The quantitative estimate of drug-likeness (QED) is 0.825. The zero-order valence-corrected chi connectivity index (χ0v) is 10.1. The van der Waals surface area contributed by atoms with Crippen molar-refractivity contribution in [2.24, 2.45) is 0 Å². The Morgan fingerprint density at radius 1 is 1.00 bits per heavy atom. The van der Waals surface area contributed by atoms with Crippen molar-refractivity contribution in [1.29, 1.82) is 0 Å². The van der Waals surface area contributed by atoms with E-state index in [0.717, 1.165) is 16.7 Å². The van der Waals surface area contributed by atoms with E-state index in [4.69, 9.17) is 0 Å². The molecule has 0 bridgehead atoms. The zero-order valence-electron chi connectivity index (χ0n) is 10.1. The van der Waals surface area contributed by atoms with Gasteiger partial charge in [0.05, 0.1) is 5.57 Å². The largest absolute Gasteiger partial charge is 0.478 e. The molecule has 0 atom stereocenters. The molecule has 2 aromatic rings. The van der Waals surface area contributed by atoms with E-state index in [9.17, 15) is 9.90 Å². The number of rotatable bonds is 3. The van der Waals surface area contributed by atoms with Crippen LogP contribution in [0.25, 0.3) is 16.7 Å². The average molecular weight is 238 g/mol. The second-order valence-corrected chi connectivity index (χ2v) is 3.92. The van der Waals surface area contributed by atoms with Crippen molar-refractivity contribution in [3.63, 3.8) is 0 Å².